The fraction of sp³-hybridized carbons (Fsp3) is 1.00. The molecule has 2 atom stereocenters. The predicted octanol–water partition coefficient (Wildman–Crippen LogP) is 1.95. The highest BCUT2D eigenvalue weighted by Gasteiger charge is 2.28. The molecule has 1 nitrogen and oxygen atoms in total. The second kappa shape index (κ2) is 2.74. The van der Waals surface area contributed by atoms with Crippen LogP contribution >= 0.6 is 12.8 Å². The molecule has 2 rings (SSSR count). The van der Waals surface area contributed by atoms with Crippen molar-refractivity contribution < 1.29 is 0 Å². The molecule has 2 unspecified atom stereocenters. The molecule has 58 valence electrons. The number of rotatable bonds is 0. The van der Waals surface area contributed by atoms with Crippen molar-refractivity contribution in [2.24, 2.45) is 11.8 Å². The lowest BCUT2D eigenvalue weighted by Crippen LogP contribution is -2.19. The van der Waals surface area contributed by atoms with E-state index in [2.05, 4.69) is 17.1 Å². The van der Waals surface area contributed by atoms with Gasteiger partial charge >= 0.3 is 0 Å². The van der Waals surface area contributed by atoms with Crippen LogP contribution in [0.5, 0.6) is 0 Å². The third-order valence-corrected chi connectivity index (χ3v) is 3.28. The van der Waals surface area contributed by atoms with E-state index in [1.807, 2.05) is 0 Å². The van der Waals surface area contributed by atoms with E-state index in [1.165, 1.54) is 38.8 Å². The Morgan fingerprint density at radius 2 is 1.90 bits per heavy atom. The smallest absolute Gasteiger partial charge is 0.0115 e. The van der Waals surface area contributed by atoms with Crippen LogP contribution in [0.3, 0.4) is 0 Å². The van der Waals surface area contributed by atoms with Crippen molar-refractivity contribution in [2.45, 2.75) is 25.7 Å². The SMILES string of the molecule is SN1CCC2CCC(C2)C1. The lowest BCUT2D eigenvalue weighted by atomic mass is 10.0. The van der Waals surface area contributed by atoms with Crippen molar-refractivity contribution in [3.8, 4) is 0 Å². The van der Waals surface area contributed by atoms with Crippen LogP contribution in [-0.4, -0.2) is 17.4 Å². The number of hydrogen-bond donors (Lipinski definition) is 1. The number of nitrogens with zero attached hydrogens (tertiary/aromatic N) is 1. The van der Waals surface area contributed by atoms with Crippen LogP contribution in [0, 0.1) is 11.8 Å². The van der Waals surface area contributed by atoms with Gasteiger partial charge in [0, 0.05) is 13.1 Å². The van der Waals surface area contributed by atoms with E-state index in [0.717, 1.165) is 11.8 Å². The van der Waals surface area contributed by atoms with Crippen LogP contribution in [-0.2, 0) is 0 Å². The van der Waals surface area contributed by atoms with Crippen LogP contribution in [0.4, 0.5) is 0 Å². The summed E-state index contributed by atoms with van der Waals surface area (Å²) in [6.45, 7) is 2.45. The molecule has 0 aromatic heterocycles. The van der Waals surface area contributed by atoms with Crippen molar-refractivity contribution in [3.05, 3.63) is 0 Å². The molecule has 0 aromatic carbocycles. The third-order valence-electron chi connectivity index (χ3n) is 2.91. The zero-order valence-electron chi connectivity index (χ0n) is 6.29. The minimum atomic E-state index is 0.977. The molecule has 0 spiro atoms. The summed E-state index contributed by atoms with van der Waals surface area (Å²) in [6, 6.07) is 0. The molecule has 1 saturated heterocycles. The fourth-order valence-corrected chi connectivity index (χ4v) is 2.67. The largest absolute Gasteiger partial charge is 0.253 e. The minimum absolute atomic E-state index is 0.977. The van der Waals surface area contributed by atoms with E-state index in [0.29, 0.717) is 0 Å². The predicted molar refractivity (Wildman–Crippen MR) is 46.0 cm³/mol. The zero-order valence-corrected chi connectivity index (χ0v) is 7.19. The first-order chi connectivity index (χ1) is 4.84. The monoisotopic (exact) mass is 157 g/mol. The molecule has 10 heavy (non-hydrogen) atoms. The molecule has 1 aliphatic heterocycles. The Bertz CT molecular complexity index is 126. The highest BCUT2D eigenvalue weighted by molar-refractivity contribution is 7.77. The second-order valence-electron chi connectivity index (χ2n) is 3.75. The van der Waals surface area contributed by atoms with Crippen molar-refractivity contribution in [1.82, 2.24) is 4.31 Å². The Labute approximate surface area is 68.3 Å². The molecule has 0 radical (unpaired) electrons. The molecule has 1 saturated carbocycles. The first-order valence-electron chi connectivity index (χ1n) is 4.28. The zero-order chi connectivity index (χ0) is 6.97. The molecule has 0 N–H and O–H groups in total. The van der Waals surface area contributed by atoms with Crippen LogP contribution in [0.1, 0.15) is 25.7 Å². The summed E-state index contributed by atoms with van der Waals surface area (Å²) in [7, 11) is 0. The number of hydrogen-bond acceptors (Lipinski definition) is 2. The molecule has 0 aromatic rings. The van der Waals surface area contributed by atoms with E-state index in [9.17, 15) is 0 Å². The van der Waals surface area contributed by atoms with Crippen LogP contribution in [0.25, 0.3) is 0 Å². The maximum atomic E-state index is 4.40. The topological polar surface area (TPSA) is 3.24 Å². The molecule has 2 fully saturated rings. The molecule has 1 aliphatic carbocycles. The standard InChI is InChI=1S/C8H15NS/c10-9-4-3-7-1-2-8(5-7)6-9/h7-8,10H,1-6H2. The third kappa shape index (κ3) is 1.32. The summed E-state index contributed by atoms with van der Waals surface area (Å²) in [4.78, 5) is 0. The Morgan fingerprint density at radius 1 is 1.10 bits per heavy atom. The maximum Gasteiger partial charge on any atom is 0.0115 e. The lowest BCUT2D eigenvalue weighted by Gasteiger charge is -2.17. The summed E-state index contributed by atoms with van der Waals surface area (Å²) in [5, 5.41) is 0. The summed E-state index contributed by atoms with van der Waals surface area (Å²) >= 11 is 4.40. The van der Waals surface area contributed by atoms with Gasteiger partial charge in [0.05, 0.1) is 0 Å². The molecule has 2 bridgehead atoms. The first kappa shape index (κ1) is 6.99. The van der Waals surface area contributed by atoms with Gasteiger partial charge in [0.2, 0.25) is 0 Å². The second-order valence-corrected chi connectivity index (χ2v) is 4.31. The van der Waals surface area contributed by atoms with Gasteiger partial charge in [0.25, 0.3) is 0 Å². The van der Waals surface area contributed by atoms with Gasteiger partial charge in [0.1, 0.15) is 0 Å². The van der Waals surface area contributed by atoms with E-state index < -0.39 is 0 Å². The van der Waals surface area contributed by atoms with Crippen LogP contribution in [0.15, 0.2) is 0 Å². The quantitative estimate of drug-likeness (QED) is 0.526. The van der Waals surface area contributed by atoms with Crippen molar-refractivity contribution in [3.63, 3.8) is 0 Å². The van der Waals surface area contributed by atoms with Gasteiger partial charge in [-0.15, -0.1) is 0 Å². The Hall–Kier alpha value is 0.310. The van der Waals surface area contributed by atoms with E-state index in [1.54, 1.807) is 0 Å². The van der Waals surface area contributed by atoms with Gasteiger partial charge in [-0.2, -0.15) is 0 Å². The van der Waals surface area contributed by atoms with Gasteiger partial charge in [-0.3, -0.25) is 4.31 Å². The maximum absolute atomic E-state index is 4.40. The molecular formula is C8H15NS. The summed E-state index contributed by atoms with van der Waals surface area (Å²) in [6.07, 6.45) is 5.82. The summed E-state index contributed by atoms with van der Waals surface area (Å²) in [5.74, 6) is 2.02. The lowest BCUT2D eigenvalue weighted by molar-refractivity contribution is 0.387. The number of thiol groups is 1. The van der Waals surface area contributed by atoms with Gasteiger partial charge in [-0.1, -0.05) is 19.2 Å². The number of fused-ring (bicyclic) bond motifs is 2. The summed E-state index contributed by atoms with van der Waals surface area (Å²) in [5.41, 5.74) is 0. The van der Waals surface area contributed by atoms with Gasteiger partial charge in [-0.25, -0.2) is 0 Å². The highest BCUT2D eigenvalue weighted by Crippen LogP contribution is 2.36. The fourth-order valence-electron chi connectivity index (χ4n) is 2.33. The molecule has 1 heterocycles. The van der Waals surface area contributed by atoms with Crippen LogP contribution in [0.2, 0.25) is 0 Å². The molecular weight excluding hydrogens is 142 g/mol. The van der Waals surface area contributed by atoms with Crippen molar-refractivity contribution in [1.29, 1.82) is 0 Å². The average molecular weight is 157 g/mol. The Balaban J connectivity index is 1.99. The highest BCUT2D eigenvalue weighted by atomic mass is 32.1. The van der Waals surface area contributed by atoms with Gasteiger partial charge < -0.3 is 0 Å². The first-order valence-corrected chi connectivity index (χ1v) is 4.68. The Morgan fingerprint density at radius 3 is 2.80 bits per heavy atom. The molecule has 2 aliphatic rings. The average Bonchev–Trinajstić information content (AvgIpc) is 2.22. The molecule has 0 amide bonds. The molecule has 2 heteroatoms. The van der Waals surface area contributed by atoms with Gasteiger partial charge in [0.15, 0.2) is 0 Å². The van der Waals surface area contributed by atoms with E-state index >= 15 is 0 Å². The van der Waals surface area contributed by atoms with Gasteiger partial charge in [-0.05, 0) is 31.1 Å². The Kier molecular flexibility index (Phi) is 1.92. The van der Waals surface area contributed by atoms with E-state index in [4.69, 9.17) is 0 Å². The van der Waals surface area contributed by atoms with Crippen LogP contribution < -0.4 is 0 Å². The normalized spacial score (nSPS) is 41.7. The van der Waals surface area contributed by atoms with Crippen molar-refractivity contribution >= 4 is 12.8 Å². The van der Waals surface area contributed by atoms with Crippen molar-refractivity contribution in [2.75, 3.05) is 13.1 Å². The summed E-state index contributed by atoms with van der Waals surface area (Å²) < 4.78 is 2.20. The minimum Gasteiger partial charge on any atom is -0.253 e. The van der Waals surface area contributed by atoms with E-state index in [-0.39, 0.29) is 0 Å².